The number of aromatic nitrogens is 2. The number of amides is 1. The van der Waals surface area contributed by atoms with E-state index in [1.807, 2.05) is 44.6 Å². The van der Waals surface area contributed by atoms with E-state index in [4.69, 9.17) is 4.52 Å². The summed E-state index contributed by atoms with van der Waals surface area (Å²) in [4.78, 5) is 14.0. The van der Waals surface area contributed by atoms with Gasteiger partial charge in [0.05, 0.1) is 6.54 Å². The van der Waals surface area contributed by atoms with Crippen LogP contribution in [0.2, 0.25) is 0 Å². The van der Waals surface area contributed by atoms with Crippen molar-refractivity contribution >= 4 is 21.8 Å². The third kappa shape index (κ3) is 3.56. The molecule has 0 N–H and O–H groups in total. The summed E-state index contributed by atoms with van der Waals surface area (Å²) >= 11 is 3.43. The SMILES string of the molecule is CN(Cc1cc(Br)cn1C)C(=O)c1cc(C(C)(C)C)on1. The fourth-order valence-corrected chi connectivity index (χ4v) is 2.53. The number of hydrogen-bond donors (Lipinski definition) is 0. The maximum atomic E-state index is 12.4. The monoisotopic (exact) mass is 353 g/mol. The van der Waals surface area contributed by atoms with E-state index in [-0.39, 0.29) is 11.3 Å². The van der Waals surface area contributed by atoms with Crippen molar-refractivity contribution in [2.75, 3.05) is 7.05 Å². The van der Waals surface area contributed by atoms with Crippen molar-refractivity contribution in [3.63, 3.8) is 0 Å². The van der Waals surface area contributed by atoms with Crippen LogP contribution in [0.1, 0.15) is 42.7 Å². The molecule has 0 aliphatic rings. The minimum absolute atomic E-state index is 0.147. The average Bonchev–Trinajstić information content (AvgIpc) is 2.95. The highest BCUT2D eigenvalue weighted by molar-refractivity contribution is 9.10. The Balaban J connectivity index is 2.12. The molecule has 0 unspecified atom stereocenters. The molecule has 0 bridgehead atoms. The lowest BCUT2D eigenvalue weighted by atomic mass is 9.93. The van der Waals surface area contributed by atoms with Gasteiger partial charge in [0.1, 0.15) is 5.76 Å². The number of aryl methyl sites for hydroxylation is 1. The van der Waals surface area contributed by atoms with Crippen molar-refractivity contribution in [1.29, 1.82) is 0 Å². The Morgan fingerprint density at radius 3 is 2.57 bits per heavy atom. The zero-order valence-corrected chi connectivity index (χ0v) is 14.6. The van der Waals surface area contributed by atoms with Gasteiger partial charge in [-0.3, -0.25) is 4.79 Å². The summed E-state index contributed by atoms with van der Waals surface area (Å²) in [6.45, 7) is 6.57. The second kappa shape index (κ2) is 5.67. The second-order valence-corrected chi connectivity index (χ2v) is 7.16. The lowest BCUT2D eigenvalue weighted by Gasteiger charge is -2.16. The van der Waals surface area contributed by atoms with Gasteiger partial charge in [-0.2, -0.15) is 0 Å². The van der Waals surface area contributed by atoms with Crippen LogP contribution in [-0.2, 0) is 19.0 Å². The van der Waals surface area contributed by atoms with E-state index in [1.54, 1.807) is 18.0 Å². The molecule has 0 fully saturated rings. The van der Waals surface area contributed by atoms with Gasteiger partial charge < -0.3 is 14.0 Å². The highest BCUT2D eigenvalue weighted by Crippen LogP contribution is 2.23. The van der Waals surface area contributed by atoms with Crippen LogP contribution < -0.4 is 0 Å². The van der Waals surface area contributed by atoms with E-state index >= 15 is 0 Å². The van der Waals surface area contributed by atoms with Gasteiger partial charge in [0.15, 0.2) is 5.69 Å². The first kappa shape index (κ1) is 15.8. The standard InChI is InChI=1S/C15H20BrN3O2/c1-15(2,3)13-7-12(17-21-13)14(20)19(5)9-11-6-10(16)8-18(11)4/h6-8H,9H2,1-5H3. The first-order valence-electron chi connectivity index (χ1n) is 6.72. The molecule has 0 radical (unpaired) electrons. The van der Waals surface area contributed by atoms with Gasteiger partial charge in [0.2, 0.25) is 0 Å². The molecule has 0 aliphatic carbocycles. The molecule has 21 heavy (non-hydrogen) atoms. The molecule has 0 spiro atoms. The fraction of sp³-hybridized carbons (Fsp3) is 0.467. The van der Waals surface area contributed by atoms with Crippen LogP contribution in [-0.4, -0.2) is 27.6 Å². The molecule has 6 heteroatoms. The lowest BCUT2D eigenvalue weighted by molar-refractivity contribution is 0.0771. The van der Waals surface area contributed by atoms with Crippen LogP contribution in [0.5, 0.6) is 0 Å². The number of hydrogen-bond acceptors (Lipinski definition) is 3. The van der Waals surface area contributed by atoms with Crippen molar-refractivity contribution in [1.82, 2.24) is 14.6 Å². The summed E-state index contributed by atoms with van der Waals surface area (Å²) in [5.41, 5.74) is 1.22. The minimum Gasteiger partial charge on any atom is -0.360 e. The van der Waals surface area contributed by atoms with Gasteiger partial charge in [-0.05, 0) is 22.0 Å². The van der Waals surface area contributed by atoms with E-state index in [1.165, 1.54) is 0 Å². The fourth-order valence-electron chi connectivity index (χ4n) is 1.96. The summed E-state index contributed by atoms with van der Waals surface area (Å²) < 4.78 is 8.25. The Hall–Kier alpha value is -1.56. The Morgan fingerprint density at radius 1 is 1.43 bits per heavy atom. The molecule has 2 rings (SSSR count). The van der Waals surface area contributed by atoms with Crippen molar-refractivity contribution in [2.24, 2.45) is 7.05 Å². The summed E-state index contributed by atoms with van der Waals surface area (Å²) in [6, 6.07) is 3.72. The average molecular weight is 354 g/mol. The normalized spacial score (nSPS) is 11.7. The molecule has 2 aromatic rings. The summed E-state index contributed by atoms with van der Waals surface area (Å²) in [5.74, 6) is 0.562. The molecule has 114 valence electrons. The smallest absolute Gasteiger partial charge is 0.276 e. The summed E-state index contributed by atoms with van der Waals surface area (Å²) in [6.07, 6.45) is 1.96. The van der Waals surface area contributed by atoms with Gasteiger partial charge >= 0.3 is 0 Å². The highest BCUT2D eigenvalue weighted by atomic mass is 79.9. The van der Waals surface area contributed by atoms with E-state index < -0.39 is 0 Å². The molecule has 0 saturated carbocycles. The first-order valence-corrected chi connectivity index (χ1v) is 7.51. The largest absolute Gasteiger partial charge is 0.360 e. The molecule has 1 amide bonds. The number of rotatable bonds is 3. The van der Waals surface area contributed by atoms with Crippen molar-refractivity contribution in [3.05, 3.63) is 40.0 Å². The number of nitrogens with zero attached hydrogens (tertiary/aromatic N) is 3. The number of carbonyl (C=O) groups excluding carboxylic acids is 1. The molecule has 2 aromatic heterocycles. The van der Waals surface area contributed by atoms with Crippen molar-refractivity contribution < 1.29 is 9.32 Å². The van der Waals surface area contributed by atoms with Crippen molar-refractivity contribution in [2.45, 2.75) is 32.7 Å². The van der Waals surface area contributed by atoms with Crippen LogP contribution >= 0.6 is 15.9 Å². The maximum absolute atomic E-state index is 12.4. The quantitative estimate of drug-likeness (QED) is 0.850. The third-order valence-electron chi connectivity index (χ3n) is 3.29. The van der Waals surface area contributed by atoms with E-state index in [0.29, 0.717) is 18.0 Å². The molecule has 5 nitrogen and oxygen atoms in total. The first-order chi connectivity index (χ1) is 9.68. The number of halogens is 1. The minimum atomic E-state index is -0.160. The summed E-state index contributed by atoms with van der Waals surface area (Å²) in [5, 5.41) is 3.89. The molecule has 2 heterocycles. The Labute approximate surface area is 133 Å². The van der Waals surface area contributed by atoms with Crippen molar-refractivity contribution in [3.8, 4) is 0 Å². The molecule has 0 saturated heterocycles. The predicted octanol–water partition coefficient (Wildman–Crippen LogP) is 3.35. The Kier molecular flexibility index (Phi) is 4.27. The molecule has 0 atom stereocenters. The Morgan fingerprint density at radius 2 is 2.10 bits per heavy atom. The molecule has 0 aromatic carbocycles. The van der Waals surface area contributed by atoms with Gasteiger partial charge in [0, 0.05) is 41.9 Å². The molecular formula is C15H20BrN3O2. The topological polar surface area (TPSA) is 51.3 Å². The van der Waals surface area contributed by atoms with Gasteiger partial charge in [-0.15, -0.1) is 0 Å². The van der Waals surface area contributed by atoms with Gasteiger partial charge in [0.25, 0.3) is 5.91 Å². The lowest BCUT2D eigenvalue weighted by Crippen LogP contribution is -2.27. The van der Waals surface area contributed by atoms with Gasteiger partial charge in [-0.1, -0.05) is 25.9 Å². The zero-order valence-electron chi connectivity index (χ0n) is 13.0. The van der Waals surface area contributed by atoms with E-state index in [9.17, 15) is 4.79 Å². The predicted molar refractivity (Wildman–Crippen MR) is 84.1 cm³/mol. The maximum Gasteiger partial charge on any atom is 0.276 e. The highest BCUT2D eigenvalue weighted by Gasteiger charge is 2.24. The molecular weight excluding hydrogens is 334 g/mol. The molecule has 0 aliphatic heterocycles. The Bertz CT molecular complexity index is 652. The van der Waals surface area contributed by atoms with Crippen LogP contribution in [0.3, 0.4) is 0 Å². The van der Waals surface area contributed by atoms with E-state index in [2.05, 4.69) is 21.1 Å². The van der Waals surface area contributed by atoms with Crippen LogP contribution in [0.25, 0.3) is 0 Å². The summed E-state index contributed by atoms with van der Waals surface area (Å²) in [7, 11) is 3.71. The number of carbonyl (C=O) groups is 1. The van der Waals surface area contributed by atoms with E-state index in [0.717, 1.165) is 10.2 Å². The van der Waals surface area contributed by atoms with Crippen LogP contribution in [0.15, 0.2) is 27.3 Å². The van der Waals surface area contributed by atoms with Crippen LogP contribution in [0.4, 0.5) is 0 Å². The van der Waals surface area contributed by atoms with Gasteiger partial charge in [-0.25, -0.2) is 0 Å². The zero-order chi connectivity index (χ0) is 15.8. The second-order valence-electron chi connectivity index (χ2n) is 6.25. The third-order valence-corrected chi connectivity index (χ3v) is 3.72. The van der Waals surface area contributed by atoms with Crippen LogP contribution in [0, 0.1) is 0 Å².